The van der Waals surface area contributed by atoms with Gasteiger partial charge in [0.05, 0.1) is 12.7 Å². The van der Waals surface area contributed by atoms with Crippen molar-refractivity contribution in [3.63, 3.8) is 0 Å². The van der Waals surface area contributed by atoms with Crippen LogP contribution in [-0.4, -0.2) is 25.6 Å². The minimum atomic E-state index is -0.650. The lowest BCUT2D eigenvalue weighted by atomic mass is 10.2. The lowest BCUT2D eigenvalue weighted by Crippen LogP contribution is -2.20. The van der Waals surface area contributed by atoms with Crippen molar-refractivity contribution in [3.8, 4) is 11.5 Å². The first-order chi connectivity index (χ1) is 14.5. The average Bonchev–Trinajstić information content (AvgIpc) is 2.77. The Labute approximate surface area is 173 Å². The van der Waals surface area contributed by atoms with E-state index in [-0.39, 0.29) is 18.0 Å². The largest absolute Gasteiger partial charge is 0.497 e. The van der Waals surface area contributed by atoms with E-state index in [1.54, 1.807) is 54.6 Å². The highest BCUT2D eigenvalue weighted by Crippen LogP contribution is 2.18. The lowest BCUT2D eigenvalue weighted by molar-refractivity contribution is -0.119. The molecule has 1 amide bonds. The number of anilines is 1. The van der Waals surface area contributed by atoms with Crippen LogP contribution in [0.4, 0.5) is 10.1 Å². The number of carbonyl (C=O) groups excluding carboxylic acids is 2. The van der Waals surface area contributed by atoms with Gasteiger partial charge in [0.2, 0.25) is 0 Å². The van der Waals surface area contributed by atoms with Gasteiger partial charge in [-0.1, -0.05) is 24.3 Å². The maximum atomic E-state index is 13.0. The number of rotatable bonds is 8. The van der Waals surface area contributed by atoms with Gasteiger partial charge in [-0.2, -0.15) is 0 Å². The summed E-state index contributed by atoms with van der Waals surface area (Å²) in [6.07, 6.45) is 0. The van der Waals surface area contributed by atoms with Gasteiger partial charge in [0.15, 0.2) is 6.61 Å². The van der Waals surface area contributed by atoms with Gasteiger partial charge in [-0.15, -0.1) is 0 Å². The third-order valence-corrected chi connectivity index (χ3v) is 4.08. The van der Waals surface area contributed by atoms with Gasteiger partial charge in [-0.3, -0.25) is 4.79 Å². The van der Waals surface area contributed by atoms with Crippen molar-refractivity contribution in [2.45, 2.75) is 6.61 Å². The highest BCUT2D eigenvalue weighted by Gasteiger charge is 2.12. The first-order valence-corrected chi connectivity index (χ1v) is 9.12. The first kappa shape index (κ1) is 20.9. The van der Waals surface area contributed by atoms with E-state index in [1.165, 1.54) is 25.3 Å². The molecule has 0 saturated carbocycles. The molecule has 154 valence electrons. The van der Waals surface area contributed by atoms with Gasteiger partial charge < -0.3 is 19.5 Å². The molecule has 0 atom stereocenters. The summed E-state index contributed by atoms with van der Waals surface area (Å²) in [6, 6.07) is 19.2. The normalized spacial score (nSPS) is 10.2. The van der Waals surface area contributed by atoms with Gasteiger partial charge in [-0.05, 0) is 48.0 Å². The van der Waals surface area contributed by atoms with Crippen LogP contribution in [0.1, 0.15) is 15.9 Å². The number of nitrogens with one attached hydrogen (secondary N) is 1. The van der Waals surface area contributed by atoms with Gasteiger partial charge >= 0.3 is 5.97 Å². The summed E-state index contributed by atoms with van der Waals surface area (Å²) in [4.78, 5) is 24.3. The molecular formula is C23H20FNO5. The van der Waals surface area contributed by atoms with Crippen LogP contribution >= 0.6 is 0 Å². The maximum absolute atomic E-state index is 13.0. The predicted octanol–water partition coefficient (Wildman–Crippen LogP) is 4.21. The molecule has 0 fully saturated rings. The Morgan fingerprint density at radius 1 is 0.933 bits per heavy atom. The molecule has 6 nitrogen and oxygen atoms in total. The third-order valence-electron chi connectivity index (χ3n) is 4.08. The van der Waals surface area contributed by atoms with Crippen molar-refractivity contribution >= 4 is 17.6 Å². The first-order valence-electron chi connectivity index (χ1n) is 9.12. The van der Waals surface area contributed by atoms with Crippen LogP contribution in [0.15, 0.2) is 72.8 Å². The van der Waals surface area contributed by atoms with Crippen LogP contribution in [0.3, 0.4) is 0 Å². The smallest absolute Gasteiger partial charge is 0.338 e. The molecule has 0 spiro atoms. The van der Waals surface area contributed by atoms with Gasteiger partial charge in [0.1, 0.15) is 23.9 Å². The van der Waals surface area contributed by atoms with Crippen molar-refractivity contribution in [1.29, 1.82) is 0 Å². The topological polar surface area (TPSA) is 73.9 Å². The molecule has 7 heteroatoms. The van der Waals surface area contributed by atoms with Crippen LogP contribution in [0.5, 0.6) is 11.5 Å². The summed E-state index contributed by atoms with van der Waals surface area (Å²) in [5, 5.41) is 2.63. The molecule has 0 aromatic heterocycles. The van der Waals surface area contributed by atoms with Crippen molar-refractivity contribution in [1.82, 2.24) is 0 Å². The van der Waals surface area contributed by atoms with E-state index >= 15 is 0 Å². The lowest BCUT2D eigenvalue weighted by Gasteiger charge is -2.09. The van der Waals surface area contributed by atoms with Gasteiger partial charge in [0.25, 0.3) is 5.91 Å². The second kappa shape index (κ2) is 10.1. The van der Waals surface area contributed by atoms with E-state index in [9.17, 15) is 14.0 Å². The van der Waals surface area contributed by atoms with Crippen LogP contribution in [0.25, 0.3) is 0 Å². The van der Waals surface area contributed by atoms with E-state index < -0.39 is 18.5 Å². The second-order valence-corrected chi connectivity index (χ2v) is 6.30. The predicted molar refractivity (Wildman–Crippen MR) is 109 cm³/mol. The summed E-state index contributed by atoms with van der Waals surface area (Å²) in [5.74, 6) is -0.390. The van der Waals surface area contributed by atoms with E-state index in [4.69, 9.17) is 14.2 Å². The number of benzene rings is 3. The molecule has 0 aliphatic carbocycles. The summed E-state index contributed by atoms with van der Waals surface area (Å²) in [6.45, 7) is -0.210. The number of halogens is 1. The monoisotopic (exact) mass is 409 g/mol. The Kier molecular flexibility index (Phi) is 7.00. The Balaban J connectivity index is 1.51. The molecule has 0 saturated heterocycles. The number of ether oxygens (including phenoxy) is 3. The fraction of sp³-hybridized carbons (Fsp3) is 0.130. The quantitative estimate of drug-likeness (QED) is 0.564. The molecule has 30 heavy (non-hydrogen) atoms. The zero-order chi connectivity index (χ0) is 21.3. The molecular weight excluding hydrogens is 389 g/mol. The van der Waals surface area contributed by atoms with Crippen LogP contribution in [0.2, 0.25) is 0 Å². The fourth-order valence-electron chi connectivity index (χ4n) is 2.57. The highest BCUT2D eigenvalue weighted by atomic mass is 19.1. The van der Waals surface area contributed by atoms with Crippen molar-refractivity contribution in [2.24, 2.45) is 0 Å². The Bertz CT molecular complexity index is 1020. The number of carbonyl (C=O) groups is 2. The standard InChI is InChI=1S/C23H20FNO5/c1-28-20-6-3-5-19(13-20)25-22(26)15-30-23(27)17-4-2-7-21(12-17)29-14-16-8-10-18(24)11-9-16/h2-13H,14-15H2,1H3,(H,25,26). The third kappa shape index (κ3) is 6.07. The molecule has 3 rings (SSSR count). The number of methoxy groups -OCH3 is 1. The van der Waals surface area contributed by atoms with Crippen molar-refractivity contribution < 1.29 is 28.2 Å². The zero-order valence-electron chi connectivity index (χ0n) is 16.3. The Morgan fingerprint density at radius 3 is 2.43 bits per heavy atom. The number of hydrogen-bond acceptors (Lipinski definition) is 5. The van der Waals surface area contributed by atoms with E-state index in [0.717, 1.165) is 5.56 Å². The van der Waals surface area contributed by atoms with Crippen molar-refractivity contribution in [2.75, 3.05) is 19.0 Å². The average molecular weight is 409 g/mol. The summed E-state index contributed by atoms with van der Waals surface area (Å²) >= 11 is 0. The molecule has 0 bridgehead atoms. The molecule has 0 unspecified atom stereocenters. The minimum absolute atomic E-state index is 0.224. The minimum Gasteiger partial charge on any atom is -0.497 e. The molecule has 0 aliphatic heterocycles. The fourth-order valence-corrected chi connectivity index (χ4v) is 2.57. The second-order valence-electron chi connectivity index (χ2n) is 6.30. The summed E-state index contributed by atoms with van der Waals surface area (Å²) in [7, 11) is 1.53. The summed E-state index contributed by atoms with van der Waals surface area (Å²) < 4.78 is 28.7. The number of esters is 1. The maximum Gasteiger partial charge on any atom is 0.338 e. The van der Waals surface area contributed by atoms with E-state index in [0.29, 0.717) is 17.2 Å². The van der Waals surface area contributed by atoms with Crippen molar-refractivity contribution in [3.05, 3.63) is 89.7 Å². The number of amides is 1. The Morgan fingerprint density at radius 2 is 1.67 bits per heavy atom. The van der Waals surface area contributed by atoms with Gasteiger partial charge in [0, 0.05) is 11.8 Å². The molecule has 1 N–H and O–H groups in total. The van der Waals surface area contributed by atoms with Crippen LogP contribution in [-0.2, 0) is 16.1 Å². The van der Waals surface area contributed by atoms with Crippen LogP contribution in [0, 0.1) is 5.82 Å². The van der Waals surface area contributed by atoms with E-state index in [1.807, 2.05) is 0 Å². The Hall–Kier alpha value is -3.87. The molecule has 3 aromatic carbocycles. The molecule has 0 aliphatic rings. The van der Waals surface area contributed by atoms with Crippen LogP contribution < -0.4 is 14.8 Å². The van der Waals surface area contributed by atoms with E-state index in [2.05, 4.69) is 5.32 Å². The summed E-state index contributed by atoms with van der Waals surface area (Å²) in [5.41, 5.74) is 1.57. The molecule has 0 heterocycles. The molecule has 3 aromatic rings. The highest BCUT2D eigenvalue weighted by molar-refractivity contribution is 5.95. The van der Waals surface area contributed by atoms with Gasteiger partial charge in [-0.25, -0.2) is 9.18 Å². The molecule has 0 radical (unpaired) electrons. The number of hydrogen-bond donors (Lipinski definition) is 1. The SMILES string of the molecule is COc1cccc(NC(=O)COC(=O)c2cccc(OCc3ccc(F)cc3)c2)c1. The zero-order valence-corrected chi connectivity index (χ0v) is 16.3.